The molecule has 16 heavy (non-hydrogen) atoms. The van der Waals surface area contributed by atoms with Crippen molar-refractivity contribution in [3.63, 3.8) is 0 Å². The Labute approximate surface area is 92.9 Å². The molecule has 0 aromatic carbocycles. The van der Waals surface area contributed by atoms with Crippen LogP contribution in [0, 0.1) is 18.3 Å². The topological polar surface area (TPSA) is 63.7 Å². The number of aryl methyl sites for hydroxylation is 1. The van der Waals surface area contributed by atoms with Gasteiger partial charge in [0.1, 0.15) is 6.07 Å². The zero-order chi connectivity index (χ0) is 11.5. The quantitative estimate of drug-likeness (QED) is 0.759. The molecule has 0 amide bonds. The van der Waals surface area contributed by atoms with E-state index in [2.05, 4.69) is 10.1 Å². The highest BCUT2D eigenvalue weighted by molar-refractivity contribution is 5.34. The second kappa shape index (κ2) is 4.03. The lowest BCUT2D eigenvalue weighted by Gasteiger charge is -2.05. The van der Waals surface area contributed by atoms with Gasteiger partial charge in [0, 0.05) is 5.56 Å². The standard InChI is InChI=1S/C11H10N4O/c1-8-3-4-10(14-11(8)16-2)15-7-9(5-12)6-13-15/h3-4,6-7H,1-2H3. The maximum atomic E-state index is 8.69. The molecule has 5 heteroatoms. The van der Waals surface area contributed by atoms with Gasteiger partial charge in [-0.1, -0.05) is 6.07 Å². The molecule has 2 aromatic rings. The summed E-state index contributed by atoms with van der Waals surface area (Å²) in [5.41, 5.74) is 1.46. The minimum Gasteiger partial charge on any atom is -0.481 e. The smallest absolute Gasteiger partial charge is 0.218 e. The first-order valence-corrected chi connectivity index (χ1v) is 4.71. The second-order valence-corrected chi connectivity index (χ2v) is 3.28. The van der Waals surface area contributed by atoms with Crippen LogP contribution in [-0.4, -0.2) is 21.9 Å². The van der Waals surface area contributed by atoms with Crippen molar-refractivity contribution in [3.05, 3.63) is 35.7 Å². The molecule has 0 aliphatic carbocycles. The number of pyridine rings is 1. The Morgan fingerprint density at radius 2 is 2.25 bits per heavy atom. The average molecular weight is 214 g/mol. The minimum atomic E-state index is 0.501. The summed E-state index contributed by atoms with van der Waals surface area (Å²) in [5, 5.41) is 12.7. The molecule has 0 saturated carbocycles. The number of methoxy groups -OCH3 is 1. The van der Waals surface area contributed by atoms with Crippen LogP contribution in [0.2, 0.25) is 0 Å². The van der Waals surface area contributed by atoms with Crippen molar-refractivity contribution in [2.45, 2.75) is 6.92 Å². The van der Waals surface area contributed by atoms with Crippen molar-refractivity contribution >= 4 is 0 Å². The van der Waals surface area contributed by atoms with Crippen LogP contribution in [0.4, 0.5) is 0 Å². The Morgan fingerprint density at radius 3 is 2.88 bits per heavy atom. The van der Waals surface area contributed by atoms with Gasteiger partial charge < -0.3 is 4.74 Å². The van der Waals surface area contributed by atoms with E-state index in [-0.39, 0.29) is 0 Å². The van der Waals surface area contributed by atoms with Crippen LogP contribution in [0.1, 0.15) is 11.1 Å². The highest BCUT2D eigenvalue weighted by Gasteiger charge is 2.05. The Balaban J connectivity index is 2.45. The van der Waals surface area contributed by atoms with Crippen LogP contribution in [0.5, 0.6) is 5.88 Å². The van der Waals surface area contributed by atoms with E-state index in [1.54, 1.807) is 18.0 Å². The first kappa shape index (κ1) is 10.2. The van der Waals surface area contributed by atoms with Gasteiger partial charge in [0.2, 0.25) is 5.88 Å². The van der Waals surface area contributed by atoms with E-state index in [0.29, 0.717) is 17.3 Å². The fourth-order valence-corrected chi connectivity index (χ4v) is 1.34. The lowest BCUT2D eigenvalue weighted by Crippen LogP contribution is -2.00. The Kier molecular flexibility index (Phi) is 2.56. The normalized spacial score (nSPS) is 9.81. The van der Waals surface area contributed by atoms with Crippen LogP contribution < -0.4 is 4.74 Å². The number of ether oxygens (including phenoxy) is 1. The largest absolute Gasteiger partial charge is 0.481 e. The van der Waals surface area contributed by atoms with Crippen LogP contribution in [-0.2, 0) is 0 Å². The molecule has 0 aliphatic rings. The van der Waals surface area contributed by atoms with Crippen molar-refractivity contribution in [2.24, 2.45) is 0 Å². The minimum absolute atomic E-state index is 0.501. The fourth-order valence-electron chi connectivity index (χ4n) is 1.34. The van der Waals surface area contributed by atoms with Gasteiger partial charge in [-0.2, -0.15) is 15.3 Å². The number of aromatic nitrogens is 3. The second-order valence-electron chi connectivity index (χ2n) is 3.28. The highest BCUT2D eigenvalue weighted by atomic mass is 16.5. The summed E-state index contributed by atoms with van der Waals surface area (Å²) in [4.78, 5) is 4.28. The third-order valence-electron chi connectivity index (χ3n) is 2.18. The molecule has 0 fully saturated rings. The third-order valence-corrected chi connectivity index (χ3v) is 2.18. The van der Waals surface area contributed by atoms with Crippen molar-refractivity contribution in [2.75, 3.05) is 7.11 Å². The predicted octanol–water partition coefficient (Wildman–Crippen LogP) is 1.46. The fraction of sp³-hybridized carbons (Fsp3) is 0.182. The lowest BCUT2D eigenvalue weighted by atomic mass is 10.3. The molecule has 0 bridgehead atoms. The van der Waals surface area contributed by atoms with Gasteiger partial charge in [-0.05, 0) is 13.0 Å². The molecular weight excluding hydrogens is 204 g/mol. The van der Waals surface area contributed by atoms with Crippen molar-refractivity contribution in [1.29, 1.82) is 5.26 Å². The van der Waals surface area contributed by atoms with Gasteiger partial charge in [-0.15, -0.1) is 0 Å². The zero-order valence-corrected chi connectivity index (χ0v) is 9.01. The Morgan fingerprint density at radius 1 is 1.44 bits per heavy atom. The first-order chi connectivity index (χ1) is 7.74. The molecule has 0 saturated heterocycles. The number of hydrogen-bond acceptors (Lipinski definition) is 4. The van der Waals surface area contributed by atoms with Crippen LogP contribution in [0.15, 0.2) is 24.5 Å². The van der Waals surface area contributed by atoms with Gasteiger partial charge in [-0.25, -0.2) is 4.68 Å². The van der Waals surface area contributed by atoms with Crippen molar-refractivity contribution < 1.29 is 4.74 Å². The summed E-state index contributed by atoms with van der Waals surface area (Å²) >= 11 is 0. The summed E-state index contributed by atoms with van der Waals surface area (Å²) in [6.45, 7) is 1.92. The molecule has 5 nitrogen and oxygen atoms in total. The SMILES string of the molecule is COc1nc(-n2cc(C#N)cn2)ccc1C. The van der Waals surface area contributed by atoms with E-state index < -0.39 is 0 Å². The molecule has 0 spiro atoms. The molecule has 2 heterocycles. The molecule has 2 aromatic heterocycles. The zero-order valence-electron chi connectivity index (χ0n) is 9.01. The number of nitriles is 1. The van der Waals surface area contributed by atoms with E-state index in [0.717, 1.165) is 5.56 Å². The predicted molar refractivity (Wildman–Crippen MR) is 57.4 cm³/mol. The summed E-state index contributed by atoms with van der Waals surface area (Å²) in [5.74, 6) is 1.19. The molecule has 0 atom stereocenters. The monoisotopic (exact) mass is 214 g/mol. The molecule has 0 aliphatic heterocycles. The Bertz CT molecular complexity index is 553. The third kappa shape index (κ3) is 1.73. The van der Waals surface area contributed by atoms with E-state index in [1.165, 1.54) is 6.20 Å². The van der Waals surface area contributed by atoms with Crippen molar-refractivity contribution in [1.82, 2.24) is 14.8 Å². The highest BCUT2D eigenvalue weighted by Crippen LogP contribution is 2.16. The van der Waals surface area contributed by atoms with Gasteiger partial charge in [0.25, 0.3) is 0 Å². The van der Waals surface area contributed by atoms with Gasteiger partial charge >= 0.3 is 0 Å². The number of nitrogens with zero attached hydrogens (tertiary/aromatic N) is 4. The summed E-state index contributed by atoms with van der Waals surface area (Å²) in [6, 6.07) is 5.74. The molecular formula is C11H10N4O. The molecule has 0 unspecified atom stereocenters. The molecule has 0 N–H and O–H groups in total. The average Bonchev–Trinajstić information content (AvgIpc) is 2.78. The maximum Gasteiger partial charge on any atom is 0.218 e. The van der Waals surface area contributed by atoms with Crippen LogP contribution >= 0.6 is 0 Å². The molecule has 0 radical (unpaired) electrons. The first-order valence-electron chi connectivity index (χ1n) is 4.71. The molecule has 2 rings (SSSR count). The van der Waals surface area contributed by atoms with Crippen LogP contribution in [0.3, 0.4) is 0 Å². The van der Waals surface area contributed by atoms with E-state index in [9.17, 15) is 0 Å². The molecule has 80 valence electrons. The van der Waals surface area contributed by atoms with Gasteiger partial charge in [0.05, 0.1) is 25.1 Å². The summed E-state index contributed by atoms with van der Waals surface area (Å²) in [6.07, 6.45) is 3.12. The van der Waals surface area contributed by atoms with E-state index in [4.69, 9.17) is 10.00 Å². The number of rotatable bonds is 2. The summed E-state index contributed by atoms with van der Waals surface area (Å²) in [7, 11) is 1.57. The van der Waals surface area contributed by atoms with Gasteiger partial charge in [-0.3, -0.25) is 0 Å². The van der Waals surface area contributed by atoms with Gasteiger partial charge in [0.15, 0.2) is 5.82 Å². The maximum absolute atomic E-state index is 8.69. The Hall–Kier alpha value is -2.35. The van der Waals surface area contributed by atoms with E-state index >= 15 is 0 Å². The summed E-state index contributed by atoms with van der Waals surface area (Å²) < 4.78 is 6.67. The van der Waals surface area contributed by atoms with Crippen LogP contribution in [0.25, 0.3) is 5.82 Å². The number of hydrogen-bond donors (Lipinski definition) is 0. The van der Waals surface area contributed by atoms with E-state index in [1.807, 2.05) is 25.1 Å². The lowest BCUT2D eigenvalue weighted by molar-refractivity contribution is 0.393. The van der Waals surface area contributed by atoms with Crippen molar-refractivity contribution in [3.8, 4) is 17.8 Å².